The van der Waals surface area contributed by atoms with Gasteiger partial charge < -0.3 is 4.74 Å². The summed E-state index contributed by atoms with van der Waals surface area (Å²) in [4.78, 5) is 11.2. The molecule has 0 bridgehead atoms. The standard InChI is InChI=1S/C14H22O2/c1-10(2)14(15)16-9-12(4)13-7-5-11(3)6-8-13/h5,12-13H,1,6-9H2,2-4H3. The van der Waals surface area contributed by atoms with Crippen molar-refractivity contribution in [2.24, 2.45) is 11.8 Å². The Morgan fingerprint density at radius 3 is 2.88 bits per heavy atom. The first-order valence-corrected chi connectivity index (χ1v) is 5.99. The van der Waals surface area contributed by atoms with Gasteiger partial charge in [0.25, 0.3) is 0 Å². The monoisotopic (exact) mass is 222 g/mol. The van der Waals surface area contributed by atoms with Gasteiger partial charge in [-0.05, 0) is 44.9 Å². The Morgan fingerprint density at radius 2 is 2.38 bits per heavy atom. The molecule has 2 atom stereocenters. The molecule has 0 saturated carbocycles. The topological polar surface area (TPSA) is 26.3 Å². The van der Waals surface area contributed by atoms with Crippen molar-refractivity contribution < 1.29 is 9.53 Å². The lowest BCUT2D eigenvalue weighted by molar-refractivity contribution is -0.140. The summed E-state index contributed by atoms with van der Waals surface area (Å²) >= 11 is 0. The Balaban J connectivity index is 2.33. The molecule has 90 valence electrons. The third-order valence-corrected chi connectivity index (χ3v) is 3.31. The Kier molecular flexibility index (Phi) is 4.78. The fourth-order valence-corrected chi connectivity index (χ4v) is 1.97. The Hall–Kier alpha value is -1.05. The second-order valence-corrected chi connectivity index (χ2v) is 4.94. The molecule has 0 saturated heterocycles. The third-order valence-electron chi connectivity index (χ3n) is 3.31. The number of hydrogen-bond acceptors (Lipinski definition) is 2. The summed E-state index contributed by atoms with van der Waals surface area (Å²) < 4.78 is 5.19. The molecule has 1 rings (SSSR count). The minimum absolute atomic E-state index is 0.269. The first-order chi connectivity index (χ1) is 7.50. The van der Waals surface area contributed by atoms with Crippen LogP contribution in [0.3, 0.4) is 0 Å². The summed E-state index contributed by atoms with van der Waals surface area (Å²) in [7, 11) is 0. The summed E-state index contributed by atoms with van der Waals surface area (Å²) in [6.07, 6.45) is 5.83. The molecular formula is C14H22O2. The highest BCUT2D eigenvalue weighted by Crippen LogP contribution is 2.29. The van der Waals surface area contributed by atoms with E-state index < -0.39 is 0 Å². The van der Waals surface area contributed by atoms with E-state index in [9.17, 15) is 4.79 Å². The second-order valence-electron chi connectivity index (χ2n) is 4.94. The lowest BCUT2D eigenvalue weighted by Crippen LogP contribution is -2.21. The zero-order valence-corrected chi connectivity index (χ0v) is 10.6. The maximum atomic E-state index is 11.2. The molecule has 1 aliphatic rings. The van der Waals surface area contributed by atoms with Gasteiger partial charge in [0.1, 0.15) is 0 Å². The van der Waals surface area contributed by atoms with Gasteiger partial charge in [-0.1, -0.05) is 25.2 Å². The van der Waals surface area contributed by atoms with E-state index in [-0.39, 0.29) is 5.97 Å². The average molecular weight is 222 g/mol. The fraction of sp³-hybridized carbons (Fsp3) is 0.643. The van der Waals surface area contributed by atoms with E-state index in [1.54, 1.807) is 6.92 Å². The number of allylic oxidation sites excluding steroid dienone is 2. The van der Waals surface area contributed by atoms with Crippen LogP contribution in [0.2, 0.25) is 0 Å². The van der Waals surface area contributed by atoms with Crippen molar-refractivity contribution in [1.29, 1.82) is 0 Å². The van der Waals surface area contributed by atoms with Crippen LogP contribution in [0, 0.1) is 11.8 Å². The molecule has 0 heterocycles. The third kappa shape index (κ3) is 3.84. The number of hydrogen-bond donors (Lipinski definition) is 0. The van der Waals surface area contributed by atoms with Crippen LogP contribution in [0.15, 0.2) is 23.8 Å². The molecule has 0 amide bonds. The van der Waals surface area contributed by atoms with Gasteiger partial charge in [-0.15, -0.1) is 0 Å². The number of carbonyl (C=O) groups is 1. The Bertz CT molecular complexity index is 302. The molecule has 2 nitrogen and oxygen atoms in total. The van der Waals surface area contributed by atoms with Crippen LogP contribution in [0.1, 0.15) is 40.0 Å². The number of esters is 1. The normalized spacial score (nSPS) is 22.2. The second kappa shape index (κ2) is 5.88. The van der Waals surface area contributed by atoms with E-state index in [0.29, 0.717) is 24.0 Å². The highest BCUT2D eigenvalue weighted by Gasteiger charge is 2.20. The molecule has 0 aromatic heterocycles. The van der Waals surface area contributed by atoms with Gasteiger partial charge >= 0.3 is 5.97 Å². The van der Waals surface area contributed by atoms with Crippen LogP contribution in [-0.2, 0) is 9.53 Å². The molecule has 0 fully saturated rings. The minimum atomic E-state index is -0.269. The maximum absolute atomic E-state index is 11.2. The SMILES string of the molecule is C=C(C)C(=O)OCC(C)C1CC=C(C)CC1. The molecule has 2 unspecified atom stereocenters. The number of ether oxygens (including phenoxy) is 1. The Labute approximate surface area is 98.4 Å². The van der Waals surface area contributed by atoms with Crippen molar-refractivity contribution in [3.8, 4) is 0 Å². The van der Waals surface area contributed by atoms with Gasteiger partial charge in [0.15, 0.2) is 0 Å². The van der Waals surface area contributed by atoms with Crippen molar-refractivity contribution >= 4 is 5.97 Å². The van der Waals surface area contributed by atoms with Gasteiger partial charge in [-0.25, -0.2) is 4.79 Å². The lowest BCUT2D eigenvalue weighted by atomic mass is 9.82. The lowest BCUT2D eigenvalue weighted by Gasteiger charge is -2.26. The van der Waals surface area contributed by atoms with Crippen molar-refractivity contribution in [3.05, 3.63) is 23.8 Å². The van der Waals surface area contributed by atoms with E-state index in [1.165, 1.54) is 18.4 Å². The van der Waals surface area contributed by atoms with Crippen LogP contribution < -0.4 is 0 Å². The molecule has 0 aliphatic heterocycles. The molecule has 1 aliphatic carbocycles. The van der Waals surface area contributed by atoms with Crippen LogP contribution in [0.25, 0.3) is 0 Å². The summed E-state index contributed by atoms with van der Waals surface area (Å²) in [6.45, 7) is 10.1. The van der Waals surface area contributed by atoms with E-state index in [4.69, 9.17) is 4.74 Å². The first-order valence-electron chi connectivity index (χ1n) is 5.99. The van der Waals surface area contributed by atoms with E-state index in [0.717, 1.165) is 6.42 Å². The van der Waals surface area contributed by atoms with Crippen molar-refractivity contribution in [2.45, 2.75) is 40.0 Å². The van der Waals surface area contributed by atoms with Gasteiger partial charge in [0.2, 0.25) is 0 Å². The van der Waals surface area contributed by atoms with Gasteiger partial charge in [0, 0.05) is 5.57 Å². The van der Waals surface area contributed by atoms with Crippen molar-refractivity contribution in [3.63, 3.8) is 0 Å². The molecule has 0 N–H and O–H groups in total. The van der Waals surface area contributed by atoms with Crippen molar-refractivity contribution in [2.75, 3.05) is 6.61 Å². The molecule has 0 radical (unpaired) electrons. The van der Waals surface area contributed by atoms with Gasteiger partial charge in [-0.3, -0.25) is 0 Å². The van der Waals surface area contributed by atoms with Gasteiger partial charge in [0.05, 0.1) is 6.61 Å². The molecule has 16 heavy (non-hydrogen) atoms. The quantitative estimate of drug-likeness (QED) is 0.413. The molecule has 2 heteroatoms. The van der Waals surface area contributed by atoms with E-state index in [1.807, 2.05) is 0 Å². The highest BCUT2D eigenvalue weighted by atomic mass is 16.5. The molecule has 0 aromatic rings. The molecular weight excluding hydrogens is 200 g/mol. The summed E-state index contributed by atoms with van der Waals surface area (Å²) in [5.41, 5.74) is 1.97. The van der Waals surface area contributed by atoms with Gasteiger partial charge in [-0.2, -0.15) is 0 Å². The highest BCUT2D eigenvalue weighted by molar-refractivity contribution is 5.86. The zero-order chi connectivity index (χ0) is 12.1. The summed E-state index contributed by atoms with van der Waals surface area (Å²) in [5, 5.41) is 0. The minimum Gasteiger partial charge on any atom is -0.462 e. The summed E-state index contributed by atoms with van der Waals surface area (Å²) in [5.74, 6) is 0.823. The van der Waals surface area contributed by atoms with Crippen molar-refractivity contribution in [1.82, 2.24) is 0 Å². The molecule has 0 aromatic carbocycles. The van der Waals surface area contributed by atoms with E-state index in [2.05, 4.69) is 26.5 Å². The first kappa shape index (κ1) is 13.0. The number of rotatable bonds is 4. The smallest absolute Gasteiger partial charge is 0.333 e. The van der Waals surface area contributed by atoms with Crippen LogP contribution in [0.4, 0.5) is 0 Å². The maximum Gasteiger partial charge on any atom is 0.333 e. The Morgan fingerprint density at radius 1 is 1.69 bits per heavy atom. The van der Waals surface area contributed by atoms with Crippen LogP contribution in [0.5, 0.6) is 0 Å². The summed E-state index contributed by atoms with van der Waals surface area (Å²) in [6, 6.07) is 0. The predicted molar refractivity (Wildman–Crippen MR) is 66.0 cm³/mol. The average Bonchev–Trinajstić information content (AvgIpc) is 2.26. The zero-order valence-electron chi connectivity index (χ0n) is 10.6. The molecule has 0 spiro atoms. The van der Waals surface area contributed by atoms with E-state index >= 15 is 0 Å². The van der Waals surface area contributed by atoms with Crippen LogP contribution >= 0.6 is 0 Å². The number of carbonyl (C=O) groups excluding carboxylic acids is 1. The fourth-order valence-electron chi connectivity index (χ4n) is 1.97. The predicted octanol–water partition coefficient (Wildman–Crippen LogP) is 3.49. The van der Waals surface area contributed by atoms with Crippen LogP contribution in [-0.4, -0.2) is 12.6 Å². The largest absolute Gasteiger partial charge is 0.462 e.